The molecular formula is C9H11BrF2N2. The number of para-hydroxylation sites is 1. The van der Waals surface area contributed by atoms with Crippen LogP contribution >= 0.6 is 15.9 Å². The standard InChI is InChI=1S/C9H11BrF2N2/c1-14(5-8(11)12)7-4-2-3-6(10)9(7)13/h2-4,8H,5,13H2,1H3. The fourth-order valence-corrected chi connectivity index (χ4v) is 1.52. The van der Waals surface area contributed by atoms with Gasteiger partial charge in [0, 0.05) is 11.5 Å². The van der Waals surface area contributed by atoms with Crippen LogP contribution < -0.4 is 10.6 Å². The summed E-state index contributed by atoms with van der Waals surface area (Å²) in [6.07, 6.45) is -2.36. The molecule has 0 aromatic heterocycles. The molecule has 0 heterocycles. The Hall–Kier alpha value is -0.840. The number of benzene rings is 1. The van der Waals surface area contributed by atoms with Crippen molar-refractivity contribution >= 4 is 27.3 Å². The van der Waals surface area contributed by atoms with E-state index in [9.17, 15) is 8.78 Å². The normalized spacial score (nSPS) is 10.6. The smallest absolute Gasteiger partial charge is 0.255 e. The first-order valence-electron chi connectivity index (χ1n) is 4.05. The first kappa shape index (κ1) is 11.2. The third-order valence-corrected chi connectivity index (χ3v) is 2.54. The van der Waals surface area contributed by atoms with Crippen LogP contribution in [-0.2, 0) is 0 Å². The molecule has 0 aliphatic carbocycles. The van der Waals surface area contributed by atoms with Crippen LogP contribution in [0.1, 0.15) is 0 Å². The Morgan fingerprint density at radius 2 is 2.14 bits per heavy atom. The highest BCUT2D eigenvalue weighted by molar-refractivity contribution is 9.10. The Morgan fingerprint density at radius 1 is 1.50 bits per heavy atom. The minimum absolute atomic E-state index is 0.319. The second-order valence-corrected chi connectivity index (χ2v) is 3.80. The van der Waals surface area contributed by atoms with Crippen LogP contribution in [0.2, 0.25) is 0 Å². The molecule has 0 aliphatic heterocycles. The fourth-order valence-electron chi connectivity index (χ4n) is 1.16. The van der Waals surface area contributed by atoms with Crippen LogP contribution in [0, 0.1) is 0 Å². The molecule has 0 amide bonds. The van der Waals surface area contributed by atoms with E-state index >= 15 is 0 Å². The van der Waals surface area contributed by atoms with E-state index in [1.165, 1.54) is 4.90 Å². The molecule has 0 spiro atoms. The molecule has 2 nitrogen and oxygen atoms in total. The Bertz CT molecular complexity index is 318. The molecule has 78 valence electrons. The van der Waals surface area contributed by atoms with Gasteiger partial charge in [-0.25, -0.2) is 8.78 Å². The van der Waals surface area contributed by atoms with Crippen molar-refractivity contribution in [2.24, 2.45) is 0 Å². The number of nitrogens with zero attached hydrogens (tertiary/aromatic N) is 1. The monoisotopic (exact) mass is 264 g/mol. The van der Waals surface area contributed by atoms with Crippen molar-refractivity contribution in [2.45, 2.75) is 6.43 Å². The summed E-state index contributed by atoms with van der Waals surface area (Å²) in [6.45, 7) is -0.319. The summed E-state index contributed by atoms with van der Waals surface area (Å²) >= 11 is 3.24. The van der Waals surface area contributed by atoms with Crippen LogP contribution in [0.25, 0.3) is 0 Å². The summed E-state index contributed by atoms with van der Waals surface area (Å²) < 4.78 is 24.9. The van der Waals surface area contributed by atoms with Gasteiger partial charge in [0.15, 0.2) is 0 Å². The van der Waals surface area contributed by atoms with Crippen LogP contribution in [0.15, 0.2) is 22.7 Å². The molecule has 0 atom stereocenters. The first-order valence-corrected chi connectivity index (χ1v) is 4.85. The van der Waals surface area contributed by atoms with E-state index in [4.69, 9.17) is 5.73 Å². The quantitative estimate of drug-likeness (QED) is 0.851. The highest BCUT2D eigenvalue weighted by Gasteiger charge is 2.11. The van der Waals surface area contributed by atoms with E-state index in [1.807, 2.05) is 0 Å². The number of hydrogen-bond acceptors (Lipinski definition) is 2. The zero-order chi connectivity index (χ0) is 10.7. The molecule has 1 rings (SSSR count). The Morgan fingerprint density at radius 3 is 2.71 bits per heavy atom. The maximum Gasteiger partial charge on any atom is 0.255 e. The molecule has 0 bridgehead atoms. The van der Waals surface area contributed by atoms with E-state index in [1.54, 1.807) is 25.2 Å². The number of rotatable bonds is 3. The molecular weight excluding hydrogens is 254 g/mol. The van der Waals surface area contributed by atoms with Crippen molar-refractivity contribution < 1.29 is 8.78 Å². The summed E-state index contributed by atoms with van der Waals surface area (Å²) in [5.41, 5.74) is 6.82. The van der Waals surface area contributed by atoms with E-state index in [0.29, 0.717) is 11.4 Å². The van der Waals surface area contributed by atoms with Gasteiger partial charge in [0.1, 0.15) is 0 Å². The predicted octanol–water partition coefficient (Wildman–Crippen LogP) is 2.73. The molecule has 0 unspecified atom stereocenters. The van der Waals surface area contributed by atoms with E-state index in [0.717, 1.165) is 4.47 Å². The number of hydrogen-bond donors (Lipinski definition) is 1. The molecule has 2 N–H and O–H groups in total. The van der Waals surface area contributed by atoms with Crippen molar-refractivity contribution in [2.75, 3.05) is 24.2 Å². The second kappa shape index (κ2) is 4.59. The van der Waals surface area contributed by atoms with E-state index in [2.05, 4.69) is 15.9 Å². The third-order valence-electron chi connectivity index (χ3n) is 1.85. The van der Waals surface area contributed by atoms with Gasteiger partial charge in [-0.2, -0.15) is 0 Å². The lowest BCUT2D eigenvalue weighted by Gasteiger charge is -2.20. The average molecular weight is 265 g/mol. The van der Waals surface area contributed by atoms with E-state index in [-0.39, 0.29) is 6.54 Å². The molecule has 5 heteroatoms. The minimum Gasteiger partial charge on any atom is -0.396 e. The van der Waals surface area contributed by atoms with Gasteiger partial charge < -0.3 is 10.6 Å². The van der Waals surface area contributed by atoms with Crippen LogP contribution in [-0.4, -0.2) is 20.0 Å². The van der Waals surface area contributed by atoms with Crippen LogP contribution in [0.5, 0.6) is 0 Å². The number of nitrogens with two attached hydrogens (primary N) is 1. The van der Waals surface area contributed by atoms with Crippen LogP contribution in [0.3, 0.4) is 0 Å². The predicted molar refractivity (Wildman–Crippen MR) is 57.8 cm³/mol. The molecule has 0 aliphatic rings. The number of nitrogen functional groups attached to an aromatic ring is 1. The summed E-state index contributed by atoms with van der Waals surface area (Å²) in [5, 5.41) is 0. The molecule has 0 saturated heterocycles. The van der Waals surface area contributed by atoms with Gasteiger partial charge >= 0.3 is 0 Å². The Labute approximate surface area is 89.8 Å². The highest BCUT2D eigenvalue weighted by atomic mass is 79.9. The molecule has 0 fully saturated rings. The maximum absolute atomic E-state index is 12.1. The molecule has 14 heavy (non-hydrogen) atoms. The topological polar surface area (TPSA) is 29.3 Å². The van der Waals surface area contributed by atoms with E-state index < -0.39 is 6.43 Å². The maximum atomic E-state index is 12.1. The number of alkyl halides is 2. The zero-order valence-corrected chi connectivity index (χ0v) is 9.26. The lowest BCUT2D eigenvalue weighted by molar-refractivity contribution is 0.156. The van der Waals surface area contributed by atoms with Gasteiger partial charge in [-0.15, -0.1) is 0 Å². The third kappa shape index (κ3) is 2.57. The molecule has 1 aromatic rings. The lowest BCUT2D eigenvalue weighted by Crippen LogP contribution is -2.24. The van der Waals surface area contributed by atoms with Crippen molar-refractivity contribution in [1.82, 2.24) is 0 Å². The van der Waals surface area contributed by atoms with Crippen molar-refractivity contribution in [3.8, 4) is 0 Å². The van der Waals surface area contributed by atoms with Gasteiger partial charge in [-0.1, -0.05) is 6.07 Å². The number of halogens is 3. The van der Waals surface area contributed by atoms with Crippen molar-refractivity contribution in [3.63, 3.8) is 0 Å². The summed E-state index contributed by atoms with van der Waals surface area (Å²) in [5.74, 6) is 0. The minimum atomic E-state index is -2.36. The van der Waals surface area contributed by atoms with Crippen LogP contribution in [0.4, 0.5) is 20.2 Å². The zero-order valence-electron chi connectivity index (χ0n) is 7.67. The van der Waals surface area contributed by atoms with Gasteiger partial charge in [-0.05, 0) is 28.1 Å². The second-order valence-electron chi connectivity index (χ2n) is 2.94. The van der Waals surface area contributed by atoms with Gasteiger partial charge in [-0.3, -0.25) is 0 Å². The number of anilines is 2. The summed E-state index contributed by atoms with van der Waals surface area (Å²) in [4.78, 5) is 1.44. The Balaban J connectivity index is 2.89. The molecule has 1 aromatic carbocycles. The van der Waals surface area contributed by atoms with Crippen molar-refractivity contribution in [1.29, 1.82) is 0 Å². The Kier molecular flexibility index (Phi) is 3.69. The first-order chi connectivity index (χ1) is 6.52. The van der Waals surface area contributed by atoms with Crippen molar-refractivity contribution in [3.05, 3.63) is 22.7 Å². The lowest BCUT2D eigenvalue weighted by atomic mass is 10.2. The molecule has 0 radical (unpaired) electrons. The highest BCUT2D eigenvalue weighted by Crippen LogP contribution is 2.29. The largest absolute Gasteiger partial charge is 0.396 e. The SMILES string of the molecule is CN(CC(F)F)c1cccc(Br)c1N. The fraction of sp³-hybridized carbons (Fsp3) is 0.333. The summed E-state index contributed by atoms with van der Waals surface area (Å²) in [6, 6.07) is 5.25. The average Bonchev–Trinajstić information content (AvgIpc) is 2.08. The van der Waals surface area contributed by atoms with Gasteiger partial charge in [0.2, 0.25) is 0 Å². The molecule has 0 saturated carbocycles. The van der Waals surface area contributed by atoms with Gasteiger partial charge in [0.05, 0.1) is 17.9 Å². The summed E-state index contributed by atoms with van der Waals surface area (Å²) in [7, 11) is 1.59. The van der Waals surface area contributed by atoms with Gasteiger partial charge in [0.25, 0.3) is 6.43 Å².